The van der Waals surface area contributed by atoms with Gasteiger partial charge in [0, 0.05) is 45.3 Å². The van der Waals surface area contributed by atoms with Crippen molar-refractivity contribution >= 4 is 28.6 Å². The largest absolute Gasteiger partial charge is 0.348 e. The Hall–Kier alpha value is -2.99. The predicted molar refractivity (Wildman–Crippen MR) is 130 cm³/mol. The third kappa shape index (κ3) is 4.19. The van der Waals surface area contributed by atoms with Crippen LogP contribution in [0.4, 0.5) is 0 Å². The van der Waals surface area contributed by atoms with Crippen LogP contribution in [0.3, 0.4) is 0 Å². The van der Waals surface area contributed by atoms with Crippen LogP contribution in [-0.2, 0) is 13.1 Å². The van der Waals surface area contributed by atoms with Crippen LogP contribution in [0.5, 0.6) is 0 Å². The van der Waals surface area contributed by atoms with Crippen molar-refractivity contribution in [1.82, 2.24) is 19.7 Å². The second-order valence-electron chi connectivity index (χ2n) is 8.63. The standard InChI is InChI=1S/C26H28N4OS/c1-17-12-18(2)29(28-17)16-23-14-21-13-20(6-11-25(21)30(23)22-7-8-22)26(31)27-15-19-4-9-24(32-3)10-5-19/h4-6,9-14,22H,7-8,15-16H2,1-3H3,(H,27,31). The van der Waals surface area contributed by atoms with Gasteiger partial charge in [0.1, 0.15) is 0 Å². The number of nitrogens with zero attached hydrogens (tertiary/aromatic N) is 3. The fraction of sp³-hybridized carbons (Fsp3) is 0.308. The number of nitrogens with one attached hydrogen (secondary N) is 1. The Bertz CT molecular complexity index is 1280. The first-order valence-electron chi connectivity index (χ1n) is 11.1. The Labute approximate surface area is 192 Å². The predicted octanol–water partition coefficient (Wildman–Crippen LogP) is 5.49. The van der Waals surface area contributed by atoms with Crippen molar-refractivity contribution in [2.45, 2.75) is 50.7 Å². The molecule has 5 nitrogen and oxygen atoms in total. The van der Waals surface area contributed by atoms with Crippen molar-refractivity contribution in [1.29, 1.82) is 0 Å². The first-order valence-corrected chi connectivity index (χ1v) is 12.3. The van der Waals surface area contributed by atoms with Crippen LogP contribution in [0.1, 0.15) is 51.9 Å². The summed E-state index contributed by atoms with van der Waals surface area (Å²) in [6.07, 6.45) is 4.49. The van der Waals surface area contributed by atoms with E-state index in [1.807, 2.05) is 19.1 Å². The van der Waals surface area contributed by atoms with Crippen LogP contribution in [0, 0.1) is 13.8 Å². The summed E-state index contributed by atoms with van der Waals surface area (Å²) in [6, 6.07) is 19.3. The Morgan fingerprint density at radius 2 is 1.88 bits per heavy atom. The number of benzene rings is 2. The summed E-state index contributed by atoms with van der Waals surface area (Å²) in [4.78, 5) is 14.0. The molecule has 32 heavy (non-hydrogen) atoms. The van der Waals surface area contributed by atoms with E-state index in [1.165, 1.54) is 34.6 Å². The molecule has 0 atom stereocenters. The van der Waals surface area contributed by atoms with Gasteiger partial charge in [-0.1, -0.05) is 12.1 Å². The molecule has 1 amide bonds. The van der Waals surface area contributed by atoms with Crippen molar-refractivity contribution in [3.63, 3.8) is 0 Å². The lowest BCUT2D eigenvalue weighted by atomic mass is 10.1. The molecule has 0 bridgehead atoms. The number of carbonyl (C=O) groups excluding carboxylic acids is 1. The maximum absolute atomic E-state index is 12.8. The van der Waals surface area contributed by atoms with Gasteiger partial charge in [-0.2, -0.15) is 5.10 Å². The zero-order valence-electron chi connectivity index (χ0n) is 18.8. The summed E-state index contributed by atoms with van der Waals surface area (Å²) in [5.41, 5.74) is 6.46. The molecule has 2 aromatic carbocycles. The van der Waals surface area contributed by atoms with Gasteiger partial charge in [0.2, 0.25) is 0 Å². The average Bonchev–Trinajstić information content (AvgIpc) is 3.49. The number of hydrogen-bond acceptors (Lipinski definition) is 3. The Balaban J connectivity index is 1.38. The van der Waals surface area contributed by atoms with Crippen LogP contribution >= 0.6 is 11.8 Å². The number of thioether (sulfide) groups is 1. The molecule has 0 saturated heterocycles. The molecule has 0 aliphatic heterocycles. The summed E-state index contributed by atoms with van der Waals surface area (Å²) in [5, 5.41) is 8.82. The molecule has 2 aromatic heterocycles. The van der Waals surface area contributed by atoms with Gasteiger partial charge in [0.05, 0.1) is 12.2 Å². The zero-order valence-corrected chi connectivity index (χ0v) is 19.6. The molecule has 5 rings (SSSR count). The van der Waals surface area contributed by atoms with Gasteiger partial charge in [0.15, 0.2) is 0 Å². The second kappa shape index (κ2) is 8.51. The van der Waals surface area contributed by atoms with E-state index >= 15 is 0 Å². The van der Waals surface area contributed by atoms with E-state index < -0.39 is 0 Å². The lowest BCUT2D eigenvalue weighted by Gasteiger charge is -2.11. The van der Waals surface area contributed by atoms with Crippen LogP contribution in [-0.4, -0.2) is 26.5 Å². The number of aryl methyl sites for hydroxylation is 2. The van der Waals surface area contributed by atoms with Gasteiger partial charge in [-0.15, -0.1) is 11.8 Å². The summed E-state index contributed by atoms with van der Waals surface area (Å²) in [7, 11) is 0. The first kappa shape index (κ1) is 20.9. The molecule has 1 fully saturated rings. The summed E-state index contributed by atoms with van der Waals surface area (Å²) in [6.45, 7) is 5.40. The van der Waals surface area contributed by atoms with Gasteiger partial charge in [0.25, 0.3) is 5.91 Å². The second-order valence-corrected chi connectivity index (χ2v) is 9.51. The number of aromatic nitrogens is 3. The smallest absolute Gasteiger partial charge is 0.251 e. The van der Waals surface area contributed by atoms with Crippen LogP contribution < -0.4 is 5.32 Å². The summed E-state index contributed by atoms with van der Waals surface area (Å²) >= 11 is 1.72. The molecule has 0 radical (unpaired) electrons. The van der Waals surface area contributed by atoms with E-state index in [-0.39, 0.29) is 5.91 Å². The maximum atomic E-state index is 12.8. The quantitative estimate of drug-likeness (QED) is 0.384. The molecule has 164 valence electrons. The highest BCUT2D eigenvalue weighted by molar-refractivity contribution is 7.98. The van der Waals surface area contributed by atoms with Gasteiger partial charge in [-0.3, -0.25) is 9.48 Å². The normalized spacial score (nSPS) is 13.6. The van der Waals surface area contributed by atoms with Crippen molar-refractivity contribution in [2.75, 3.05) is 6.26 Å². The van der Waals surface area contributed by atoms with E-state index in [0.717, 1.165) is 23.2 Å². The molecular weight excluding hydrogens is 416 g/mol. The molecule has 1 aliphatic rings. The van der Waals surface area contributed by atoms with E-state index in [0.29, 0.717) is 18.2 Å². The molecule has 2 heterocycles. The minimum atomic E-state index is -0.0416. The van der Waals surface area contributed by atoms with E-state index in [1.54, 1.807) is 11.8 Å². The molecule has 0 unspecified atom stereocenters. The third-order valence-electron chi connectivity index (χ3n) is 6.12. The minimum Gasteiger partial charge on any atom is -0.348 e. The van der Waals surface area contributed by atoms with Crippen molar-refractivity contribution in [2.24, 2.45) is 0 Å². The number of carbonyl (C=O) groups is 1. The molecule has 4 aromatic rings. The topological polar surface area (TPSA) is 51.9 Å². The van der Waals surface area contributed by atoms with Crippen molar-refractivity contribution in [3.05, 3.63) is 82.8 Å². The Kier molecular flexibility index (Phi) is 5.55. The van der Waals surface area contributed by atoms with Gasteiger partial charge in [-0.05, 0) is 81.0 Å². The number of rotatable bonds is 7. The average molecular weight is 445 g/mol. The first-order chi connectivity index (χ1) is 15.5. The van der Waals surface area contributed by atoms with E-state index in [9.17, 15) is 4.79 Å². The molecule has 1 saturated carbocycles. The zero-order chi connectivity index (χ0) is 22.2. The Morgan fingerprint density at radius 1 is 1.09 bits per heavy atom. The van der Waals surface area contributed by atoms with Gasteiger partial charge >= 0.3 is 0 Å². The third-order valence-corrected chi connectivity index (χ3v) is 6.86. The number of amides is 1. The molecule has 1 N–H and O–H groups in total. The highest BCUT2D eigenvalue weighted by atomic mass is 32.2. The van der Waals surface area contributed by atoms with Crippen LogP contribution in [0.15, 0.2) is 59.5 Å². The fourth-order valence-electron chi connectivity index (χ4n) is 4.34. The highest BCUT2D eigenvalue weighted by Gasteiger charge is 2.27. The molecule has 6 heteroatoms. The van der Waals surface area contributed by atoms with E-state index in [4.69, 9.17) is 0 Å². The monoisotopic (exact) mass is 444 g/mol. The lowest BCUT2D eigenvalue weighted by Crippen LogP contribution is -2.22. The minimum absolute atomic E-state index is 0.0416. The van der Waals surface area contributed by atoms with Gasteiger partial charge in [-0.25, -0.2) is 0 Å². The van der Waals surface area contributed by atoms with Crippen molar-refractivity contribution < 1.29 is 4.79 Å². The lowest BCUT2D eigenvalue weighted by molar-refractivity contribution is 0.0951. The summed E-state index contributed by atoms with van der Waals surface area (Å²) < 4.78 is 4.51. The Morgan fingerprint density at radius 3 is 2.53 bits per heavy atom. The number of hydrogen-bond donors (Lipinski definition) is 1. The van der Waals surface area contributed by atoms with Gasteiger partial charge < -0.3 is 9.88 Å². The highest BCUT2D eigenvalue weighted by Crippen LogP contribution is 2.40. The maximum Gasteiger partial charge on any atom is 0.251 e. The SMILES string of the molecule is CSc1ccc(CNC(=O)c2ccc3c(c2)cc(Cn2nc(C)cc2C)n3C2CC2)cc1. The molecule has 0 spiro atoms. The number of fused-ring (bicyclic) bond motifs is 1. The van der Waals surface area contributed by atoms with Crippen LogP contribution in [0.2, 0.25) is 0 Å². The van der Waals surface area contributed by atoms with Crippen LogP contribution in [0.25, 0.3) is 10.9 Å². The fourth-order valence-corrected chi connectivity index (χ4v) is 4.74. The summed E-state index contributed by atoms with van der Waals surface area (Å²) in [5.74, 6) is -0.0416. The molecule has 1 aliphatic carbocycles. The molecular formula is C26H28N4OS. The van der Waals surface area contributed by atoms with Crippen molar-refractivity contribution in [3.8, 4) is 0 Å². The van der Waals surface area contributed by atoms with E-state index in [2.05, 4.69) is 75.3 Å².